The van der Waals surface area contributed by atoms with Crippen molar-refractivity contribution in [2.24, 2.45) is 0 Å². The fourth-order valence-corrected chi connectivity index (χ4v) is 3.92. The first kappa shape index (κ1) is 18.4. The smallest absolute Gasteiger partial charge is 0.230 e. The van der Waals surface area contributed by atoms with Crippen molar-refractivity contribution < 1.29 is 13.9 Å². The summed E-state index contributed by atoms with van der Waals surface area (Å²) < 4.78 is 21.9. The summed E-state index contributed by atoms with van der Waals surface area (Å²) in [6, 6.07) is 7.02. The molecule has 0 bridgehead atoms. The van der Waals surface area contributed by atoms with Gasteiger partial charge in [-0.2, -0.15) is 5.10 Å². The molecule has 4 rings (SSSR count). The number of halogens is 1. The third-order valence-corrected chi connectivity index (χ3v) is 5.60. The van der Waals surface area contributed by atoms with E-state index < -0.39 is 5.41 Å². The minimum Gasteiger partial charge on any atom is -0.481 e. The maximum atomic E-state index is 14.6. The highest BCUT2D eigenvalue weighted by Gasteiger charge is 2.40. The van der Waals surface area contributed by atoms with Crippen LogP contribution in [-0.2, 0) is 16.8 Å². The molecule has 0 unspecified atom stereocenters. The van der Waals surface area contributed by atoms with Gasteiger partial charge in [-0.25, -0.2) is 9.37 Å². The molecule has 0 spiro atoms. The van der Waals surface area contributed by atoms with Gasteiger partial charge in [0.2, 0.25) is 11.8 Å². The van der Waals surface area contributed by atoms with Gasteiger partial charge in [-0.15, -0.1) is 0 Å². The summed E-state index contributed by atoms with van der Waals surface area (Å²) in [5.41, 5.74) is 2.01. The van der Waals surface area contributed by atoms with E-state index in [0.29, 0.717) is 35.6 Å². The van der Waals surface area contributed by atoms with Crippen molar-refractivity contribution in [3.63, 3.8) is 0 Å². The second-order valence-corrected chi connectivity index (χ2v) is 7.30. The lowest BCUT2D eigenvalue weighted by Gasteiger charge is -2.33. The van der Waals surface area contributed by atoms with Crippen LogP contribution < -0.4 is 10.1 Å². The number of nitrogens with zero attached hydrogens (tertiary/aromatic N) is 3. The van der Waals surface area contributed by atoms with Gasteiger partial charge in [0, 0.05) is 24.2 Å². The fourth-order valence-electron chi connectivity index (χ4n) is 3.92. The predicted molar refractivity (Wildman–Crippen MR) is 105 cm³/mol. The molecule has 1 saturated heterocycles. The Bertz CT molecular complexity index is 1060. The summed E-state index contributed by atoms with van der Waals surface area (Å²) in [5, 5.41) is 7.63. The number of piperidine rings is 1. The number of fused-ring (bicyclic) bond motifs is 1. The van der Waals surface area contributed by atoms with Gasteiger partial charge in [-0.1, -0.05) is 6.07 Å². The topological polar surface area (TPSA) is 69.0 Å². The van der Waals surface area contributed by atoms with Crippen LogP contribution in [0.4, 0.5) is 4.39 Å². The van der Waals surface area contributed by atoms with Crippen molar-refractivity contribution in [2.45, 2.75) is 38.6 Å². The Labute approximate surface area is 162 Å². The summed E-state index contributed by atoms with van der Waals surface area (Å²) >= 11 is 0. The molecule has 28 heavy (non-hydrogen) atoms. The summed E-state index contributed by atoms with van der Waals surface area (Å²) in [4.78, 5) is 17.1. The van der Waals surface area contributed by atoms with E-state index in [0.717, 1.165) is 23.9 Å². The number of amides is 1. The molecule has 1 atom stereocenters. The van der Waals surface area contributed by atoms with Gasteiger partial charge >= 0.3 is 0 Å². The van der Waals surface area contributed by atoms with Gasteiger partial charge in [0.1, 0.15) is 5.82 Å². The van der Waals surface area contributed by atoms with Gasteiger partial charge in [-0.3, -0.25) is 9.48 Å². The minimum atomic E-state index is -0.689. The van der Waals surface area contributed by atoms with Crippen molar-refractivity contribution >= 4 is 16.8 Å². The third kappa shape index (κ3) is 2.82. The molecule has 0 radical (unpaired) electrons. The van der Waals surface area contributed by atoms with Crippen molar-refractivity contribution in [2.75, 3.05) is 13.7 Å². The Morgan fingerprint density at radius 1 is 1.36 bits per heavy atom. The highest BCUT2D eigenvalue weighted by Crippen LogP contribution is 2.38. The number of aryl methyl sites for hydroxylation is 1. The van der Waals surface area contributed by atoms with Gasteiger partial charge in [0.15, 0.2) is 0 Å². The van der Waals surface area contributed by atoms with Crippen molar-refractivity contribution in [3.8, 4) is 17.1 Å². The summed E-state index contributed by atoms with van der Waals surface area (Å²) in [6.07, 6.45) is 3.17. The largest absolute Gasteiger partial charge is 0.481 e. The Balaban J connectivity index is 1.82. The standard InChI is InChI=1S/C21H23FN4O2/c1-4-26-18-11-13(10-16(22)14(18)12-24-26)17-7-6-15(19(25-17)28-3)21(2)8-5-9-23-20(21)27/h6-7,10-12H,4-5,8-9H2,1-3H3,(H,23,27)/t21-/m1/s1. The molecule has 3 heterocycles. The lowest BCUT2D eigenvalue weighted by atomic mass is 9.76. The molecule has 7 heteroatoms. The SMILES string of the molecule is CCn1ncc2c(F)cc(-c3ccc([C@@]4(C)CCCNC4=O)c(OC)n3)cc21. The zero-order chi connectivity index (χ0) is 19.9. The molecule has 1 fully saturated rings. The van der Waals surface area contributed by atoms with E-state index >= 15 is 0 Å². The van der Waals surface area contributed by atoms with Crippen LogP contribution in [0.15, 0.2) is 30.5 Å². The number of pyridine rings is 1. The molecule has 2 aromatic heterocycles. The number of ether oxygens (including phenoxy) is 1. The average molecular weight is 382 g/mol. The summed E-state index contributed by atoms with van der Waals surface area (Å²) in [5.74, 6) is 0.0307. The van der Waals surface area contributed by atoms with E-state index in [1.807, 2.05) is 32.0 Å². The number of rotatable bonds is 4. The quantitative estimate of drug-likeness (QED) is 0.751. The van der Waals surface area contributed by atoms with Crippen LogP contribution in [0.25, 0.3) is 22.2 Å². The second kappa shape index (κ2) is 6.89. The second-order valence-electron chi connectivity index (χ2n) is 7.30. The Kier molecular flexibility index (Phi) is 4.53. The van der Waals surface area contributed by atoms with Crippen LogP contribution in [-0.4, -0.2) is 34.3 Å². The van der Waals surface area contributed by atoms with Crippen LogP contribution in [0.1, 0.15) is 32.3 Å². The molecular weight excluding hydrogens is 359 g/mol. The number of carbonyl (C=O) groups excluding carboxylic acids is 1. The van der Waals surface area contributed by atoms with Crippen LogP contribution in [0.2, 0.25) is 0 Å². The number of hydrogen-bond donors (Lipinski definition) is 1. The van der Waals surface area contributed by atoms with E-state index in [4.69, 9.17) is 4.74 Å². The van der Waals surface area contributed by atoms with Crippen LogP contribution >= 0.6 is 0 Å². The van der Waals surface area contributed by atoms with E-state index in [1.165, 1.54) is 19.4 Å². The maximum Gasteiger partial charge on any atom is 0.230 e. The van der Waals surface area contributed by atoms with Gasteiger partial charge in [-0.05, 0) is 44.9 Å². The fraction of sp³-hybridized carbons (Fsp3) is 0.381. The first-order chi connectivity index (χ1) is 13.5. The van der Waals surface area contributed by atoms with Crippen LogP contribution in [0.3, 0.4) is 0 Å². The lowest BCUT2D eigenvalue weighted by Crippen LogP contribution is -2.47. The predicted octanol–water partition coefficient (Wildman–Crippen LogP) is 3.43. The average Bonchev–Trinajstić information content (AvgIpc) is 3.13. The minimum absolute atomic E-state index is 0.0223. The molecular formula is C21H23FN4O2. The van der Waals surface area contributed by atoms with Crippen molar-refractivity contribution in [3.05, 3.63) is 41.8 Å². The highest BCUT2D eigenvalue weighted by atomic mass is 19.1. The van der Waals surface area contributed by atoms with Crippen LogP contribution in [0, 0.1) is 5.82 Å². The van der Waals surface area contributed by atoms with Crippen molar-refractivity contribution in [1.82, 2.24) is 20.1 Å². The van der Waals surface area contributed by atoms with Crippen LogP contribution in [0.5, 0.6) is 5.88 Å². The number of aromatic nitrogens is 3. The summed E-state index contributed by atoms with van der Waals surface area (Å²) in [7, 11) is 1.54. The number of carbonyl (C=O) groups is 1. The number of nitrogens with one attached hydrogen (secondary N) is 1. The Hall–Kier alpha value is -2.96. The number of benzene rings is 1. The molecule has 1 aliphatic rings. The van der Waals surface area contributed by atoms with Crippen molar-refractivity contribution in [1.29, 1.82) is 0 Å². The molecule has 146 valence electrons. The molecule has 1 aromatic carbocycles. The Morgan fingerprint density at radius 2 is 2.18 bits per heavy atom. The Morgan fingerprint density at radius 3 is 2.89 bits per heavy atom. The maximum absolute atomic E-state index is 14.6. The molecule has 1 N–H and O–H groups in total. The van der Waals surface area contributed by atoms with E-state index in [9.17, 15) is 9.18 Å². The van der Waals surface area contributed by atoms with Gasteiger partial charge < -0.3 is 10.1 Å². The molecule has 6 nitrogen and oxygen atoms in total. The number of methoxy groups -OCH3 is 1. The zero-order valence-electron chi connectivity index (χ0n) is 16.3. The first-order valence-corrected chi connectivity index (χ1v) is 9.47. The third-order valence-electron chi connectivity index (χ3n) is 5.60. The zero-order valence-corrected chi connectivity index (χ0v) is 16.3. The van der Waals surface area contributed by atoms with Gasteiger partial charge in [0.05, 0.1) is 35.3 Å². The monoisotopic (exact) mass is 382 g/mol. The van der Waals surface area contributed by atoms with Gasteiger partial charge in [0.25, 0.3) is 0 Å². The first-order valence-electron chi connectivity index (χ1n) is 9.47. The summed E-state index contributed by atoms with van der Waals surface area (Å²) in [6.45, 7) is 5.21. The molecule has 0 aliphatic carbocycles. The van der Waals surface area contributed by atoms with E-state index in [-0.39, 0.29) is 11.7 Å². The number of hydrogen-bond acceptors (Lipinski definition) is 4. The van der Waals surface area contributed by atoms with E-state index in [2.05, 4.69) is 15.4 Å². The molecule has 3 aromatic rings. The van der Waals surface area contributed by atoms with E-state index in [1.54, 1.807) is 4.68 Å². The molecule has 0 saturated carbocycles. The molecule has 1 aliphatic heterocycles. The molecule has 1 amide bonds. The normalized spacial score (nSPS) is 19.6. The highest BCUT2D eigenvalue weighted by molar-refractivity contribution is 5.89. The lowest BCUT2D eigenvalue weighted by molar-refractivity contribution is -0.128.